The number of hydrogen-bond acceptors (Lipinski definition) is 4. The van der Waals surface area contributed by atoms with Crippen LogP contribution in [0, 0.1) is 11.7 Å². The topological polar surface area (TPSA) is 82.3 Å². The fourth-order valence-corrected chi connectivity index (χ4v) is 4.60. The summed E-state index contributed by atoms with van der Waals surface area (Å²) in [7, 11) is 0. The number of allylic oxidation sites excluding steroid dienone is 5. The number of hydrogen-bond donors (Lipinski definition) is 3. The number of rotatable bonds is 8. The summed E-state index contributed by atoms with van der Waals surface area (Å²) in [4.78, 5) is 13.0. The van der Waals surface area contributed by atoms with Crippen LogP contribution in [0.3, 0.4) is 0 Å². The van der Waals surface area contributed by atoms with E-state index in [0.717, 1.165) is 61.5 Å². The van der Waals surface area contributed by atoms with Gasteiger partial charge in [-0.3, -0.25) is 10.1 Å². The van der Waals surface area contributed by atoms with Crippen molar-refractivity contribution in [2.45, 2.75) is 19.8 Å². The fourth-order valence-electron chi connectivity index (χ4n) is 4.60. The van der Waals surface area contributed by atoms with Gasteiger partial charge in [0, 0.05) is 34.1 Å². The molecule has 0 radical (unpaired) electrons. The van der Waals surface area contributed by atoms with Crippen molar-refractivity contribution in [1.82, 2.24) is 30.5 Å². The molecule has 0 spiro atoms. The largest absolute Gasteiger partial charge is 0.359 e. The normalized spacial score (nSPS) is 14.3. The van der Waals surface area contributed by atoms with Crippen LogP contribution in [0.1, 0.15) is 25.5 Å². The average molecular weight is 503 g/mol. The van der Waals surface area contributed by atoms with Crippen LogP contribution in [0.2, 0.25) is 0 Å². The lowest BCUT2D eigenvalue weighted by Crippen LogP contribution is -2.11. The molecule has 0 amide bonds. The zero-order valence-electron chi connectivity index (χ0n) is 21.1. The summed E-state index contributed by atoms with van der Waals surface area (Å²) in [6.07, 6.45) is 9.98. The van der Waals surface area contributed by atoms with Crippen LogP contribution in [-0.4, -0.2) is 25.1 Å². The predicted octanol–water partition coefficient (Wildman–Crippen LogP) is 7.29. The van der Waals surface area contributed by atoms with E-state index in [1.54, 1.807) is 24.4 Å². The van der Waals surface area contributed by atoms with Gasteiger partial charge in [-0.25, -0.2) is 9.37 Å². The molecule has 0 saturated heterocycles. The molecule has 1 aliphatic carbocycles. The van der Waals surface area contributed by atoms with Crippen LogP contribution in [0.15, 0.2) is 97.5 Å². The van der Waals surface area contributed by atoms with Crippen LogP contribution in [0.5, 0.6) is 0 Å². The Morgan fingerprint density at radius 1 is 1.08 bits per heavy atom. The molecule has 1 fully saturated rings. The first-order valence-corrected chi connectivity index (χ1v) is 12.6. The number of aromatic nitrogens is 5. The van der Waals surface area contributed by atoms with E-state index < -0.39 is 0 Å². The first-order valence-electron chi connectivity index (χ1n) is 12.6. The molecule has 4 heterocycles. The third kappa shape index (κ3) is 4.43. The Hall–Kier alpha value is -4.78. The zero-order chi connectivity index (χ0) is 26.2. The highest BCUT2D eigenvalue weighted by Gasteiger charge is 2.24. The van der Waals surface area contributed by atoms with Gasteiger partial charge in [0.2, 0.25) is 0 Å². The number of nitrogens with one attached hydrogen (secondary N) is 3. The summed E-state index contributed by atoms with van der Waals surface area (Å²) < 4.78 is 13.5. The molecule has 7 heteroatoms. The molecule has 188 valence electrons. The quantitative estimate of drug-likeness (QED) is 0.195. The van der Waals surface area contributed by atoms with Gasteiger partial charge in [0.25, 0.3) is 0 Å². The van der Waals surface area contributed by atoms with E-state index in [4.69, 9.17) is 4.98 Å². The molecular formula is C31H27FN6. The molecule has 0 bridgehead atoms. The molecule has 0 atom stereocenters. The molecule has 0 unspecified atom stereocenters. The molecular weight excluding hydrogens is 475 g/mol. The lowest BCUT2D eigenvalue weighted by molar-refractivity contribution is 0.628. The third-order valence-electron chi connectivity index (χ3n) is 6.84. The molecule has 6 rings (SSSR count). The highest BCUT2D eigenvalue weighted by atomic mass is 19.1. The van der Waals surface area contributed by atoms with Crippen LogP contribution in [0.4, 0.5) is 4.39 Å². The summed E-state index contributed by atoms with van der Waals surface area (Å²) in [5.74, 6) is 0.269. The van der Waals surface area contributed by atoms with Crippen molar-refractivity contribution in [3.05, 3.63) is 109 Å². The minimum absolute atomic E-state index is 0.278. The zero-order valence-corrected chi connectivity index (χ0v) is 21.1. The highest BCUT2D eigenvalue weighted by Crippen LogP contribution is 2.35. The summed E-state index contributed by atoms with van der Waals surface area (Å²) in [5.41, 5.74) is 9.36. The first-order chi connectivity index (χ1) is 18.5. The minimum atomic E-state index is -0.278. The standard InChI is InChI=1S/C31H27FN6/c1-4-19(16-23(5-2)34-18(3)20-6-7-20)25-12-13-27-30(36-25)31(38-37-27)28-17-24-26(35-28)14-15-33-29(24)21-8-10-22(32)11-9-21/h4-5,8-17,20,34-35H,2-3,6-7H2,1H3,(H,37,38)/b19-4+,23-16+. The van der Waals surface area contributed by atoms with Gasteiger partial charge in [-0.1, -0.05) is 19.2 Å². The van der Waals surface area contributed by atoms with Gasteiger partial charge in [0.05, 0.1) is 22.6 Å². The Labute approximate surface area is 219 Å². The monoisotopic (exact) mass is 502 g/mol. The highest BCUT2D eigenvalue weighted by molar-refractivity contribution is 5.99. The van der Waals surface area contributed by atoms with Crippen LogP contribution >= 0.6 is 0 Å². The smallest absolute Gasteiger partial charge is 0.135 e. The molecule has 1 saturated carbocycles. The number of pyridine rings is 2. The molecule has 4 aromatic heterocycles. The Kier molecular flexibility index (Phi) is 5.96. The first kappa shape index (κ1) is 23.6. The van der Waals surface area contributed by atoms with E-state index >= 15 is 0 Å². The summed E-state index contributed by atoms with van der Waals surface area (Å²) in [6.45, 7) is 10.1. The van der Waals surface area contributed by atoms with Gasteiger partial charge >= 0.3 is 0 Å². The number of nitrogens with zero attached hydrogens (tertiary/aromatic N) is 3. The number of fused-ring (bicyclic) bond motifs is 2. The van der Waals surface area contributed by atoms with Crippen molar-refractivity contribution in [3.8, 4) is 22.6 Å². The van der Waals surface area contributed by atoms with Gasteiger partial charge < -0.3 is 10.3 Å². The van der Waals surface area contributed by atoms with Crippen molar-refractivity contribution in [3.63, 3.8) is 0 Å². The average Bonchev–Trinajstić information content (AvgIpc) is 3.57. The van der Waals surface area contributed by atoms with Crippen LogP contribution in [-0.2, 0) is 0 Å². The molecule has 3 N–H and O–H groups in total. The number of H-pyrrole nitrogens is 2. The van der Waals surface area contributed by atoms with E-state index in [9.17, 15) is 4.39 Å². The van der Waals surface area contributed by atoms with Gasteiger partial charge in [0.15, 0.2) is 0 Å². The lowest BCUT2D eigenvalue weighted by atomic mass is 10.1. The summed E-state index contributed by atoms with van der Waals surface area (Å²) in [5, 5.41) is 12.0. The van der Waals surface area contributed by atoms with Crippen molar-refractivity contribution in [2.24, 2.45) is 5.92 Å². The predicted molar refractivity (Wildman–Crippen MR) is 151 cm³/mol. The van der Waals surface area contributed by atoms with Crippen molar-refractivity contribution < 1.29 is 4.39 Å². The van der Waals surface area contributed by atoms with E-state index in [0.29, 0.717) is 11.6 Å². The molecule has 5 aromatic rings. The minimum Gasteiger partial charge on any atom is -0.359 e. The van der Waals surface area contributed by atoms with E-state index in [1.165, 1.54) is 25.0 Å². The SMILES string of the molecule is C=C/C(=C\C(=C/C)c1ccc2[nH]nc(-c3cc4c(-c5ccc(F)cc5)nccc4[nH]3)c2n1)NC(=C)C1CC1. The van der Waals surface area contributed by atoms with Gasteiger partial charge in [-0.05, 0) is 91.9 Å². The second-order valence-electron chi connectivity index (χ2n) is 9.45. The molecule has 6 nitrogen and oxygen atoms in total. The second-order valence-corrected chi connectivity index (χ2v) is 9.45. The molecule has 0 aliphatic heterocycles. The van der Waals surface area contributed by atoms with Gasteiger partial charge in [-0.15, -0.1) is 0 Å². The summed E-state index contributed by atoms with van der Waals surface area (Å²) in [6, 6.07) is 14.3. The number of aromatic amines is 2. The lowest BCUT2D eigenvalue weighted by Gasteiger charge is -2.11. The van der Waals surface area contributed by atoms with Crippen LogP contribution < -0.4 is 5.32 Å². The molecule has 1 aromatic carbocycles. The number of halogens is 1. The Bertz CT molecular complexity index is 1750. The maximum atomic E-state index is 13.5. The molecule has 38 heavy (non-hydrogen) atoms. The van der Waals surface area contributed by atoms with Crippen molar-refractivity contribution in [2.75, 3.05) is 0 Å². The van der Waals surface area contributed by atoms with Gasteiger partial charge in [0.1, 0.15) is 17.0 Å². The fraction of sp³-hybridized carbons (Fsp3) is 0.129. The third-order valence-corrected chi connectivity index (χ3v) is 6.84. The Morgan fingerprint density at radius 3 is 2.63 bits per heavy atom. The Balaban J connectivity index is 1.38. The maximum Gasteiger partial charge on any atom is 0.135 e. The van der Waals surface area contributed by atoms with Gasteiger partial charge in [-0.2, -0.15) is 5.10 Å². The van der Waals surface area contributed by atoms with E-state index in [2.05, 4.69) is 38.6 Å². The Morgan fingerprint density at radius 2 is 1.89 bits per heavy atom. The van der Waals surface area contributed by atoms with Crippen LogP contribution in [0.25, 0.3) is 50.2 Å². The van der Waals surface area contributed by atoms with Crippen molar-refractivity contribution in [1.29, 1.82) is 0 Å². The summed E-state index contributed by atoms with van der Waals surface area (Å²) >= 11 is 0. The van der Waals surface area contributed by atoms with E-state index in [-0.39, 0.29) is 5.82 Å². The second kappa shape index (κ2) is 9.59. The van der Waals surface area contributed by atoms with E-state index in [1.807, 2.05) is 43.3 Å². The molecule has 1 aliphatic rings. The maximum absolute atomic E-state index is 13.5. The van der Waals surface area contributed by atoms with Crippen molar-refractivity contribution >= 4 is 27.5 Å². The number of benzene rings is 1.